The Labute approximate surface area is 206 Å². The first-order valence-corrected chi connectivity index (χ1v) is 12.2. The Morgan fingerprint density at radius 2 is 1.77 bits per heavy atom. The van der Waals surface area contributed by atoms with Gasteiger partial charge in [-0.25, -0.2) is 15.0 Å². The lowest BCUT2D eigenvalue weighted by atomic mass is 9.99. The first kappa shape index (κ1) is 22.8. The summed E-state index contributed by atoms with van der Waals surface area (Å²) in [5.41, 5.74) is 5.60. The number of benzene rings is 2. The summed E-state index contributed by atoms with van der Waals surface area (Å²) in [5.74, 6) is 3.19. The fraction of sp³-hybridized carbons (Fsp3) is 0.276. The molecule has 2 aromatic carbocycles. The second-order valence-electron chi connectivity index (χ2n) is 9.04. The van der Waals surface area contributed by atoms with Crippen molar-refractivity contribution in [1.82, 2.24) is 15.0 Å². The Hall–Kier alpha value is -3.93. The number of aromatic nitrogens is 3. The minimum Gasteiger partial charge on any atom is -0.494 e. The topological polar surface area (TPSA) is 63.2 Å². The van der Waals surface area contributed by atoms with Crippen LogP contribution in [0.3, 0.4) is 0 Å². The molecule has 0 atom stereocenters. The maximum Gasteiger partial charge on any atom is 0.149 e. The van der Waals surface area contributed by atoms with Crippen LogP contribution in [0.2, 0.25) is 0 Å². The second-order valence-corrected chi connectivity index (χ2v) is 9.04. The molecular weight excluding hydrogens is 434 g/mol. The lowest BCUT2D eigenvalue weighted by Gasteiger charge is -2.31. The monoisotopic (exact) mass is 465 g/mol. The average molecular weight is 466 g/mol. The predicted molar refractivity (Wildman–Crippen MR) is 144 cm³/mol. The number of nitrogens with one attached hydrogen (secondary N) is 1. The first-order chi connectivity index (χ1) is 17.2. The van der Waals surface area contributed by atoms with E-state index in [9.17, 15) is 0 Å². The van der Waals surface area contributed by atoms with Crippen LogP contribution in [-0.4, -0.2) is 35.2 Å². The smallest absolute Gasteiger partial charge is 0.149 e. The van der Waals surface area contributed by atoms with Gasteiger partial charge in [0.25, 0.3) is 0 Å². The highest BCUT2D eigenvalue weighted by Crippen LogP contribution is 2.33. The Morgan fingerprint density at radius 1 is 0.971 bits per heavy atom. The lowest BCUT2D eigenvalue weighted by molar-refractivity contribution is 0.419. The molecule has 1 N–H and O–H groups in total. The fourth-order valence-corrected chi connectivity index (χ4v) is 4.57. The number of rotatable bonds is 6. The summed E-state index contributed by atoms with van der Waals surface area (Å²) < 4.78 is 5.61. The van der Waals surface area contributed by atoms with Crippen LogP contribution in [0.1, 0.15) is 32.3 Å². The molecule has 4 aromatic rings. The Balaban J connectivity index is 1.41. The number of hydrogen-bond donors (Lipinski definition) is 1. The van der Waals surface area contributed by atoms with Crippen LogP contribution in [-0.2, 0) is 0 Å². The van der Waals surface area contributed by atoms with Gasteiger partial charge in [0.2, 0.25) is 0 Å². The zero-order valence-electron chi connectivity index (χ0n) is 20.5. The van der Waals surface area contributed by atoms with Crippen molar-refractivity contribution in [2.24, 2.45) is 5.92 Å². The number of methoxy groups -OCH3 is 1. The average Bonchev–Trinajstić information content (AvgIpc) is 2.92. The van der Waals surface area contributed by atoms with Crippen LogP contribution in [0.25, 0.3) is 27.9 Å². The maximum atomic E-state index is 5.61. The Kier molecular flexibility index (Phi) is 6.62. The highest BCUT2D eigenvalue weighted by molar-refractivity contribution is 5.95. The van der Waals surface area contributed by atoms with Gasteiger partial charge in [-0.2, -0.15) is 0 Å². The van der Waals surface area contributed by atoms with Crippen LogP contribution < -0.4 is 15.0 Å². The van der Waals surface area contributed by atoms with Crippen LogP contribution in [0.4, 0.5) is 11.6 Å². The van der Waals surface area contributed by atoms with Gasteiger partial charge in [0.1, 0.15) is 28.4 Å². The normalized spacial score (nSPS) is 14.8. The molecule has 0 bridgehead atoms. The third-order valence-electron chi connectivity index (χ3n) is 6.69. The van der Waals surface area contributed by atoms with E-state index in [2.05, 4.69) is 41.4 Å². The molecule has 0 spiro atoms. The van der Waals surface area contributed by atoms with E-state index in [-0.39, 0.29) is 0 Å². The van der Waals surface area contributed by atoms with Crippen molar-refractivity contribution in [3.05, 3.63) is 78.6 Å². The van der Waals surface area contributed by atoms with Crippen LogP contribution in [0.5, 0.6) is 5.75 Å². The summed E-state index contributed by atoms with van der Waals surface area (Å²) in [7, 11) is 1.66. The first-order valence-electron chi connectivity index (χ1n) is 12.2. The van der Waals surface area contributed by atoms with Gasteiger partial charge >= 0.3 is 0 Å². The number of allylic oxidation sites excluding steroid dienone is 1. The minimum atomic E-state index is 0.656. The van der Waals surface area contributed by atoms with Crippen LogP contribution in [0.15, 0.2) is 73.1 Å². The van der Waals surface area contributed by atoms with Crippen molar-refractivity contribution in [3.63, 3.8) is 0 Å². The molecule has 35 heavy (non-hydrogen) atoms. The summed E-state index contributed by atoms with van der Waals surface area (Å²) in [6.45, 7) is 6.47. The minimum absolute atomic E-state index is 0.656. The quantitative estimate of drug-likeness (QED) is 0.355. The summed E-state index contributed by atoms with van der Waals surface area (Å²) in [5, 5.41) is 3.43. The summed E-state index contributed by atoms with van der Waals surface area (Å²) in [6, 6.07) is 18.4. The van der Waals surface area contributed by atoms with Crippen molar-refractivity contribution >= 4 is 28.4 Å². The molecule has 6 nitrogen and oxygen atoms in total. The third kappa shape index (κ3) is 4.83. The van der Waals surface area contributed by atoms with Gasteiger partial charge < -0.3 is 15.0 Å². The molecule has 178 valence electrons. The van der Waals surface area contributed by atoms with E-state index >= 15 is 0 Å². The Bertz CT molecular complexity index is 1330. The van der Waals surface area contributed by atoms with Crippen molar-refractivity contribution in [2.75, 3.05) is 30.4 Å². The SMILES string of the molecule is C/C=C(/Nc1cnc2c(-c3ccccc3)ccc(OC)c2n1)c1ccc(N2CCC(C)CC2)nc1. The molecule has 0 unspecified atom stereocenters. The molecule has 0 saturated carbocycles. The van der Waals surface area contributed by atoms with Crippen molar-refractivity contribution in [2.45, 2.75) is 26.7 Å². The highest BCUT2D eigenvalue weighted by Gasteiger charge is 2.17. The zero-order valence-corrected chi connectivity index (χ0v) is 20.5. The predicted octanol–water partition coefficient (Wildman–Crippen LogP) is 6.41. The van der Waals surface area contributed by atoms with Crippen molar-refractivity contribution in [3.8, 4) is 16.9 Å². The lowest BCUT2D eigenvalue weighted by Crippen LogP contribution is -2.33. The number of fused-ring (bicyclic) bond motifs is 1. The molecule has 5 rings (SSSR count). The highest BCUT2D eigenvalue weighted by atomic mass is 16.5. The van der Waals surface area contributed by atoms with Gasteiger partial charge in [-0.05, 0) is 55.5 Å². The molecular formula is C29H31N5O. The van der Waals surface area contributed by atoms with E-state index in [1.54, 1.807) is 13.3 Å². The molecule has 6 heteroatoms. The molecule has 3 heterocycles. The van der Waals surface area contributed by atoms with E-state index in [1.165, 1.54) is 12.8 Å². The number of nitrogens with zero attached hydrogens (tertiary/aromatic N) is 4. The zero-order chi connectivity index (χ0) is 24.2. The number of pyridine rings is 1. The summed E-state index contributed by atoms with van der Waals surface area (Å²) in [4.78, 5) is 16.8. The van der Waals surface area contributed by atoms with Gasteiger partial charge in [0.15, 0.2) is 0 Å². The van der Waals surface area contributed by atoms with Gasteiger partial charge in [0, 0.05) is 36.1 Å². The van der Waals surface area contributed by atoms with E-state index in [0.717, 1.165) is 58.2 Å². The van der Waals surface area contributed by atoms with Crippen LogP contribution >= 0.6 is 0 Å². The maximum absolute atomic E-state index is 5.61. The van der Waals surface area contributed by atoms with Crippen molar-refractivity contribution in [1.29, 1.82) is 0 Å². The summed E-state index contributed by atoms with van der Waals surface area (Å²) in [6.07, 6.45) is 8.18. The molecule has 1 aliphatic rings. The summed E-state index contributed by atoms with van der Waals surface area (Å²) >= 11 is 0. The molecule has 0 radical (unpaired) electrons. The van der Waals surface area contributed by atoms with Gasteiger partial charge in [-0.3, -0.25) is 0 Å². The number of ether oxygens (including phenoxy) is 1. The fourth-order valence-electron chi connectivity index (χ4n) is 4.57. The standard InChI is InChI=1S/C29H31N5O/c1-4-24(22-10-13-27(30-18-22)34-16-14-20(2)15-17-34)32-26-19-31-28-23(21-8-6-5-7-9-21)11-12-25(35-3)29(28)33-26/h4-13,18-20H,14-17H2,1-3H3,(H,32,33)/b24-4+. The van der Waals surface area contributed by atoms with E-state index in [1.807, 2.05) is 49.5 Å². The van der Waals surface area contributed by atoms with E-state index in [4.69, 9.17) is 19.7 Å². The molecule has 1 aliphatic heterocycles. The Morgan fingerprint density at radius 3 is 2.46 bits per heavy atom. The van der Waals surface area contributed by atoms with Gasteiger partial charge in [0.05, 0.1) is 13.3 Å². The number of anilines is 2. The molecule has 1 saturated heterocycles. The van der Waals surface area contributed by atoms with Crippen molar-refractivity contribution < 1.29 is 4.74 Å². The molecule has 0 aliphatic carbocycles. The number of piperidine rings is 1. The third-order valence-corrected chi connectivity index (χ3v) is 6.69. The van der Waals surface area contributed by atoms with Crippen LogP contribution in [0, 0.1) is 5.92 Å². The number of hydrogen-bond acceptors (Lipinski definition) is 6. The van der Waals surface area contributed by atoms with E-state index < -0.39 is 0 Å². The second kappa shape index (κ2) is 10.1. The largest absolute Gasteiger partial charge is 0.494 e. The van der Waals surface area contributed by atoms with E-state index in [0.29, 0.717) is 11.6 Å². The molecule has 2 aromatic heterocycles. The van der Waals surface area contributed by atoms with Gasteiger partial charge in [-0.15, -0.1) is 0 Å². The van der Waals surface area contributed by atoms with Gasteiger partial charge in [-0.1, -0.05) is 43.3 Å². The molecule has 0 amide bonds. The molecule has 1 fully saturated rings.